The highest BCUT2D eigenvalue weighted by Gasteiger charge is 1.99. The van der Waals surface area contributed by atoms with Crippen LogP contribution < -0.4 is 0 Å². The molecule has 0 aliphatic carbocycles. The van der Waals surface area contributed by atoms with Gasteiger partial charge in [0.05, 0.1) is 0 Å². The van der Waals surface area contributed by atoms with Gasteiger partial charge >= 0.3 is 0 Å². The number of thiophene rings is 1. The first-order valence-electron chi connectivity index (χ1n) is 3.85. The van der Waals surface area contributed by atoms with Gasteiger partial charge in [0.25, 0.3) is 0 Å². The number of aryl methyl sites for hydroxylation is 1. The first-order valence-corrected chi connectivity index (χ1v) is 4.67. The van der Waals surface area contributed by atoms with Crippen LogP contribution in [0.5, 0.6) is 0 Å². The Morgan fingerprint density at radius 3 is 2.50 bits per heavy atom. The lowest BCUT2D eigenvalue weighted by molar-refractivity contribution is -0.112. The Morgan fingerprint density at radius 1 is 1.42 bits per heavy atom. The van der Waals surface area contributed by atoms with Crippen molar-refractivity contribution in [3.63, 3.8) is 0 Å². The van der Waals surface area contributed by atoms with Crippen molar-refractivity contribution in [2.75, 3.05) is 0 Å². The first kappa shape index (κ1) is 9.20. The van der Waals surface area contributed by atoms with Crippen molar-refractivity contribution in [3.05, 3.63) is 28.0 Å². The molecule has 0 fully saturated rings. The smallest absolute Gasteiger partial charge is 0.152 e. The van der Waals surface area contributed by atoms with Crippen molar-refractivity contribution in [1.82, 2.24) is 0 Å². The van der Waals surface area contributed by atoms with E-state index in [9.17, 15) is 4.79 Å². The molecule has 0 spiro atoms. The van der Waals surface area contributed by atoms with Gasteiger partial charge in [0.2, 0.25) is 0 Å². The zero-order valence-electron chi connectivity index (χ0n) is 7.55. The number of carbonyl (C=O) groups is 1. The quantitative estimate of drug-likeness (QED) is 0.639. The molecule has 1 aromatic rings. The summed E-state index contributed by atoms with van der Waals surface area (Å²) in [6.45, 7) is 5.60. The Hall–Kier alpha value is -0.890. The second-order valence-electron chi connectivity index (χ2n) is 2.85. The molecular weight excluding hydrogens is 168 g/mol. The molecular formula is C10H12OS. The number of hydrogen-bond acceptors (Lipinski definition) is 2. The molecule has 64 valence electrons. The van der Waals surface area contributed by atoms with Crippen molar-refractivity contribution in [2.45, 2.75) is 20.8 Å². The van der Waals surface area contributed by atoms with E-state index < -0.39 is 0 Å². The molecule has 0 aromatic carbocycles. The second-order valence-corrected chi connectivity index (χ2v) is 4.14. The molecule has 0 N–H and O–H groups in total. The zero-order valence-corrected chi connectivity index (χ0v) is 8.37. The van der Waals surface area contributed by atoms with E-state index in [1.54, 1.807) is 24.3 Å². The van der Waals surface area contributed by atoms with Crippen LogP contribution in [0.2, 0.25) is 0 Å². The van der Waals surface area contributed by atoms with E-state index in [0.29, 0.717) is 0 Å². The average molecular weight is 180 g/mol. The van der Waals surface area contributed by atoms with Crippen LogP contribution in [0, 0.1) is 6.92 Å². The molecule has 12 heavy (non-hydrogen) atoms. The summed E-state index contributed by atoms with van der Waals surface area (Å²) in [6.07, 6.45) is 1.67. The number of carbonyl (C=O) groups excluding carboxylic acids is 1. The highest BCUT2D eigenvalue weighted by atomic mass is 32.1. The Bertz CT molecular complexity index is 320. The molecule has 1 nitrogen and oxygen atoms in total. The van der Waals surface area contributed by atoms with Gasteiger partial charge in [-0.2, -0.15) is 0 Å². The van der Waals surface area contributed by atoms with E-state index in [1.165, 1.54) is 9.75 Å². The zero-order chi connectivity index (χ0) is 9.14. The lowest BCUT2D eigenvalue weighted by Gasteiger charge is -1.93. The Morgan fingerprint density at radius 2 is 2.08 bits per heavy atom. The molecule has 1 rings (SSSR count). The van der Waals surface area contributed by atoms with Gasteiger partial charge < -0.3 is 0 Å². The molecule has 0 unspecified atom stereocenters. The van der Waals surface area contributed by atoms with Crippen LogP contribution in [0.25, 0.3) is 5.57 Å². The lowest BCUT2D eigenvalue weighted by atomic mass is 10.2. The van der Waals surface area contributed by atoms with Crippen molar-refractivity contribution in [3.8, 4) is 0 Å². The molecule has 2 heteroatoms. The van der Waals surface area contributed by atoms with E-state index in [4.69, 9.17) is 0 Å². The average Bonchev–Trinajstić information content (AvgIpc) is 2.34. The predicted molar refractivity (Wildman–Crippen MR) is 53.4 cm³/mol. The Kier molecular flexibility index (Phi) is 2.82. The molecule has 0 amide bonds. The lowest BCUT2D eigenvalue weighted by Crippen LogP contribution is -1.82. The van der Waals surface area contributed by atoms with E-state index in [0.717, 1.165) is 5.57 Å². The molecule has 1 heterocycles. The molecule has 0 atom stereocenters. The SMILES string of the molecule is CC(=O)/C=C(\C)c1ccc(C)s1. The summed E-state index contributed by atoms with van der Waals surface area (Å²) in [6, 6.07) is 4.12. The van der Waals surface area contributed by atoms with Crippen molar-refractivity contribution < 1.29 is 4.79 Å². The maximum atomic E-state index is 10.8. The van der Waals surface area contributed by atoms with Gasteiger partial charge in [-0.05, 0) is 44.6 Å². The van der Waals surface area contributed by atoms with Gasteiger partial charge in [-0.15, -0.1) is 11.3 Å². The van der Waals surface area contributed by atoms with Crippen LogP contribution in [0.4, 0.5) is 0 Å². The van der Waals surface area contributed by atoms with Gasteiger partial charge in [-0.3, -0.25) is 4.79 Å². The standard InChI is InChI=1S/C10H12OS/c1-7(6-8(2)11)10-5-4-9(3)12-10/h4-6H,1-3H3/b7-6+. The summed E-state index contributed by atoms with van der Waals surface area (Å²) < 4.78 is 0. The van der Waals surface area contributed by atoms with Gasteiger partial charge in [-0.25, -0.2) is 0 Å². The fourth-order valence-corrected chi connectivity index (χ4v) is 1.86. The summed E-state index contributed by atoms with van der Waals surface area (Å²) in [5, 5.41) is 0. The maximum absolute atomic E-state index is 10.8. The normalized spacial score (nSPS) is 11.8. The topological polar surface area (TPSA) is 17.1 Å². The largest absolute Gasteiger partial charge is 0.295 e. The molecule has 1 aromatic heterocycles. The third-order valence-electron chi connectivity index (χ3n) is 1.55. The van der Waals surface area contributed by atoms with E-state index in [1.807, 2.05) is 6.92 Å². The molecule has 0 saturated heterocycles. The summed E-state index contributed by atoms with van der Waals surface area (Å²) in [5.41, 5.74) is 1.06. The Labute approximate surface area is 76.7 Å². The minimum absolute atomic E-state index is 0.110. The number of ketones is 1. The first-order chi connectivity index (χ1) is 5.59. The van der Waals surface area contributed by atoms with Gasteiger partial charge in [0.1, 0.15) is 0 Å². The van der Waals surface area contributed by atoms with E-state index in [-0.39, 0.29) is 5.78 Å². The summed E-state index contributed by atoms with van der Waals surface area (Å²) in [4.78, 5) is 13.2. The molecule has 0 bridgehead atoms. The monoisotopic (exact) mass is 180 g/mol. The van der Waals surface area contributed by atoms with Crippen LogP contribution in [-0.2, 0) is 4.79 Å². The summed E-state index contributed by atoms with van der Waals surface area (Å²) >= 11 is 1.72. The number of allylic oxidation sites excluding steroid dienone is 2. The highest BCUT2D eigenvalue weighted by Crippen LogP contribution is 2.22. The fourth-order valence-electron chi connectivity index (χ4n) is 1.02. The van der Waals surface area contributed by atoms with Gasteiger partial charge in [0.15, 0.2) is 5.78 Å². The minimum Gasteiger partial charge on any atom is -0.295 e. The van der Waals surface area contributed by atoms with Crippen molar-refractivity contribution >= 4 is 22.7 Å². The molecule has 0 aliphatic heterocycles. The van der Waals surface area contributed by atoms with Crippen LogP contribution in [0.15, 0.2) is 18.2 Å². The highest BCUT2D eigenvalue weighted by molar-refractivity contribution is 7.13. The van der Waals surface area contributed by atoms with Crippen LogP contribution in [0.1, 0.15) is 23.6 Å². The predicted octanol–water partition coefficient (Wildman–Crippen LogP) is 3.05. The van der Waals surface area contributed by atoms with Gasteiger partial charge in [-0.1, -0.05) is 0 Å². The fraction of sp³-hybridized carbons (Fsp3) is 0.300. The van der Waals surface area contributed by atoms with Crippen LogP contribution >= 0.6 is 11.3 Å². The number of hydrogen-bond donors (Lipinski definition) is 0. The summed E-state index contributed by atoms with van der Waals surface area (Å²) in [5.74, 6) is 0.110. The van der Waals surface area contributed by atoms with Crippen LogP contribution in [-0.4, -0.2) is 5.78 Å². The minimum atomic E-state index is 0.110. The number of rotatable bonds is 2. The second kappa shape index (κ2) is 3.68. The van der Waals surface area contributed by atoms with Crippen molar-refractivity contribution in [1.29, 1.82) is 0 Å². The molecule has 0 radical (unpaired) electrons. The third kappa shape index (κ3) is 2.31. The van der Waals surface area contributed by atoms with E-state index in [2.05, 4.69) is 19.1 Å². The van der Waals surface area contributed by atoms with Crippen LogP contribution in [0.3, 0.4) is 0 Å². The third-order valence-corrected chi connectivity index (χ3v) is 2.68. The van der Waals surface area contributed by atoms with E-state index >= 15 is 0 Å². The Balaban J connectivity index is 2.91. The van der Waals surface area contributed by atoms with Crippen molar-refractivity contribution in [2.24, 2.45) is 0 Å². The maximum Gasteiger partial charge on any atom is 0.152 e. The van der Waals surface area contributed by atoms with Gasteiger partial charge in [0, 0.05) is 9.75 Å². The molecule has 0 saturated carbocycles. The summed E-state index contributed by atoms with van der Waals surface area (Å²) in [7, 11) is 0. The molecule has 0 aliphatic rings.